The predicted octanol–water partition coefficient (Wildman–Crippen LogP) is 4.37. The van der Waals surface area contributed by atoms with E-state index in [2.05, 4.69) is 55.3 Å². The van der Waals surface area contributed by atoms with Crippen molar-refractivity contribution in [3.63, 3.8) is 0 Å². The average Bonchev–Trinajstić information content (AvgIpc) is 2.79. The lowest BCUT2D eigenvalue weighted by Gasteiger charge is -2.36. The maximum absolute atomic E-state index is 12.8. The second-order valence-corrected chi connectivity index (χ2v) is 8.83. The normalized spacial score (nSPS) is 15.4. The molecule has 0 aliphatic carbocycles. The van der Waals surface area contributed by atoms with Crippen molar-refractivity contribution in [1.82, 2.24) is 10.2 Å². The number of phenolic OH excluding ortho intramolecular Hbond substituents is 1. The summed E-state index contributed by atoms with van der Waals surface area (Å²) in [6, 6.07) is 16.3. The van der Waals surface area contributed by atoms with Crippen molar-refractivity contribution in [2.75, 3.05) is 37.6 Å². The van der Waals surface area contributed by atoms with Gasteiger partial charge in [0, 0.05) is 37.9 Å². The predicted molar refractivity (Wildman–Crippen MR) is 128 cm³/mol. The van der Waals surface area contributed by atoms with Gasteiger partial charge in [-0.2, -0.15) is 0 Å². The molecule has 1 amide bonds. The largest absolute Gasteiger partial charge is 0.508 e. The second kappa shape index (κ2) is 11.2. The van der Waals surface area contributed by atoms with Gasteiger partial charge >= 0.3 is 0 Å². The van der Waals surface area contributed by atoms with Crippen molar-refractivity contribution in [2.45, 2.75) is 46.1 Å². The molecule has 1 atom stereocenters. The lowest BCUT2D eigenvalue weighted by atomic mass is 9.94. The summed E-state index contributed by atoms with van der Waals surface area (Å²) < 4.78 is 0. The molecule has 0 spiro atoms. The molecule has 2 aromatic carbocycles. The molecular weight excluding hydrogens is 386 g/mol. The number of piperazine rings is 1. The number of nitrogens with one attached hydrogen (secondary N) is 1. The summed E-state index contributed by atoms with van der Waals surface area (Å²) in [5.41, 5.74) is 3.72. The molecule has 168 valence electrons. The topological polar surface area (TPSA) is 55.8 Å². The van der Waals surface area contributed by atoms with E-state index in [0.29, 0.717) is 12.5 Å². The van der Waals surface area contributed by atoms with Crippen LogP contribution in [0.1, 0.15) is 50.8 Å². The van der Waals surface area contributed by atoms with Gasteiger partial charge in [0.2, 0.25) is 5.91 Å². The molecule has 0 unspecified atom stereocenters. The van der Waals surface area contributed by atoms with Crippen molar-refractivity contribution in [2.24, 2.45) is 5.92 Å². The molecule has 3 rings (SSSR count). The lowest BCUT2D eigenvalue weighted by molar-refractivity contribution is -0.130. The molecule has 2 aromatic rings. The minimum absolute atomic E-state index is 0.163. The molecule has 0 bridgehead atoms. The lowest BCUT2D eigenvalue weighted by Crippen LogP contribution is -2.51. The number of rotatable bonds is 9. The van der Waals surface area contributed by atoms with Gasteiger partial charge in [-0.15, -0.1) is 0 Å². The van der Waals surface area contributed by atoms with Gasteiger partial charge in [-0.3, -0.25) is 4.79 Å². The van der Waals surface area contributed by atoms with E-state index in [1.807, 2.05) is 17.0 Å². The van der Waals surface area contributed by atoms with Crippen LogP contribution in [0, 0.1) is 5.92 Å². The highest BCUT2D eigenvalue weighted by atomic mass is 16.3. The molecule has 1 aliphatic rings. The van der Waals surface area contributed by atoms with Crippen LogP contribution in [-0.2, 0) is 11.2 Å². The van der Waals surface area contributed by atoms with Crippen molar-refractivity contribution in [1.29, 1.82) is 0 Å². The summed E-state index contributed by atoms with van der Waals surface area (Å²) in [5.74, 6) is 0.843. The number of amides is 1. The van der Waals surface area contributed by atoms with Gasteiger partial charge in [-0.05, 0) is 54.2 Å². The molecule has 0 aromatic heterocycles. The molecule has 1 heterocycles. The minimum atomic E-state index is 0.163. The molecule has 1 fully saturated rings. The SMILES string of the molecule is CCCCc1ccc([C@@H](NCC(=O)N2CCN(c3ccc(O)cc3)CC2)C(C)C)cc1. The standard InChI is InChI=1S/C26H37N3O2/c1-4-5-6-21-7-9-22(10-8-21)26(20(2)3)27-19-25(31)29-17-15-28(16-18-29)23-11-13-24(30)14-12-23/h7-14,20,26-27,30H,4-6,15-19H2,1-3H3/t26-/m0/s1. The highest BCUT2D eigenvalue weighted by molar-refractivity contribution is 5.78. The summed E-state index contributed by atoms with van der Waals surface area (Å²) >= 11 is 0. The number of nitrogens with zero attached hydrogens (tertiary/aromatic N) is 2. The summed E-state index contributed by atoms with van der Waals surface area (Å²) in [6.07, 6.45) is 3.56. The summed E-state index contributed by atoms with van der Waals surface area (Å²) in [4.78, 5) is 17.0. The van der Waals surface area contributed by atoms with Crippen LogP contribution in [-0.4, -0.2) is 48.6 Å². The fraction of sp³-hybridized carbons (Fsp3) is 0.500. The third-order valence-corrected chi connectivity index (χ3v) is 6.14. The van der Waals surface area contributed by atoms with Gasteiger partial charge in [0.05, 0.1) is 6.54 Å². The first-order valence-corrected chi connectivity index (χ1v) is 11.6. The third-order valence-electron chi connectivity index (χ3n) is 6.14. The molecule has 0 radical (unpaired) electrons. The van der Waals surface area contributed by atoms with Crippen molar-refractivity contribution < 1.29 is 9.90 Å². The highest BCUT2D eigenvalue weighted by Gasteiger charge is 2.23. The van der Waals surface area contributed by atoms with Gasteiger partial charge in [0.25, 0.3) is 0 Å². The van der Waals surface area contributed by atoms with E-state index in [9.17, 15) is 9.90 Å². The smallest absolute Gasteiger partial charge is 0.236 e. The molecule has 2 N–H and O–H groups in total. The fourth-order valence-corrected chi connectivity index (χ4v) is 4.20. The Morgan fingerprint density at radius 1 is 1.00 bits per heavy atom. The van der Waals surface area contributed by atoms with Crippen molar-refractivity contribution >= 4 is 11.6 Å². The van der Waals surface area contributed by atoms with E-state index < -0.39 is 0 Å². The van der Waals surface area contributed by atoms with Crippen LogP contribution in [0.2, 0.25) is 0 Å². The number of anilines is 1. The van der Waals surface area contributed by atoms with Crippen LogP contribution in [0.3, 0.4) is 0 Å². The van der Waals surface area contributed by atoms with Crippen LogP contribution in [0.25, 0.3) is 0 Å². The number of aromatic hydroxyl groups is 1. The number of hydrogen-bond acceptors (Lipinski definition) is 4. The van der Waals surface area contributed by atoms with Crippen molar-refractivity contribution in [3.05, 3.63) is 59.7 Å². The monoisotopic (exact) mass is 423 g/mol. The van der Waals surface area contributed by atoms with Gasteiger partial charge in [0.15, 0.2) is 0 Å². The van der Waals surface area contributed by atoms with E-state index in [0.717, 1.165) is 38.3 Å². The molecule has 1 saturated heterocycles. The number of benzene rings is 2. The van der Waals surface area contributed by atoms with E-state index in [1.165, 1.54) is 24.0 Å². The summed E-state index contributed by atoms with van der Waals surface area (Å²) in [6.45, 7) is 10.0. The van der Waals surface area contributed by atoms with Crippen LogP contribution in [0.15, 0.2) is 48.5 Å². The quantitative estimate of drug-likeness (QED) is 0.629. The van der Waals surface area contributed by atoms with E-state index in [-0.39, 0.29) is 17.7 Å². The Morgan fingerprint density at radius 2 is 1.65 bits per heavy atom. The Morgan fingerprint density at radius 3 is 2.23 bits per heavy atom. The van der Waals surface area contributed by atoms with Gasteiger partial charge in [-0.25, -0.2) is 0 Å². The first-order chi connectivity index (χ1) is 15.0. The van der Waals surface area contributed by atoms with E-state index in [1.54, 1.807) is 12.1 Å². The molecular formula is C26H37N3O2. The van der Waals surface area contributed by atoms with Crippen molar-refractivity contribution in [3.8, 4) is 5.75 Å². The zero-order chi connectivity index (χ0) is 22.2. The maximum atomic E-state index is 12.8. The molecule has 0 saturated carbocycles. The number of phenols is 1. The summed E-state index contributed by atoms with van der Waals surface area (Å²) in [5, 5.41) is 13.0. The van der Waals surface area contributed by atoms with Gasteiger partial charge in [0.1, 0.15) is 5.75 Å². The molecule has 1 aliphatic heterocycles. The number of unbranched alkanes of at least 4 members (excludes halogenated alkanes) is 1. The Balaban J connectivity index is 1.50. The third kappa shape index (κ3) is 6.47. The second-order valence-electron chi connectivity index (χ2n) is 8.83. The number of aryl methyl sites for hydroxylation is 1. The Labute approximate surface area is 187 Å². The van der Waals surface area contributed by atoms with Crippen LogP contribution in [0.4, 0.5) is 5.69 Å². The first-order valence-electron chi connectivity index (χ1n) is 11.6. The summed E-state index contributed by atoms with van der Waals surface area (Å²) in [7, 11) is 0. The maximum Gasteiger partial charge on any atom is 0.236 e. The first kappa shape index (κ1) is 23.1. The fourth-order valence-electron chi connectivity index (χ4n) is 4.20. The van der Waals surface area contributed by atoms with Gasteiger partial charge in [-0.1, -0.05) is 51.5 Å². The Bertz CT molecular complexity index is 810. The van der Waals surface area contributed by atoms with E-state index in [4.69, 9.17) is 0 Å². The average molecular weight is 424 g/mol. The molecule has 5 heteroatoms. The highest BCUT2D eigenvalue weighted by Crippen LogP contribution is 2.23. The zero-order valence-corrected chi connectivity index (χ0v) is 19.2. The number of carbonyl (C=O) groups is 1. The van der Waals surface area contributed by atoms with Crippen LogP contribution < -0.4 is 10.2 Å². The molecule has 31 heavy (non-hydrogen) atoms. The van der Waals surface area contributed by atoms with Crippen LogP contribution in [0.5, 0.6) is 5.75 Å². The van der Waals surface area contributed by atoms with Crippen LogP contribution >= 0.6 is 0 Å². The Hall–Kier alpha value is -2.53. The van der Waals surface area contributed by atoms with Gasteiger partial charge < -0.3 is 20.2 Å². The zero-order valence-electron chi connectivity index (χ0n) is 19.2. The number of hydrogen-bond donors (Lipinski definition) is 2. The van der Waals surface area contributed by atoms with E-state index >= 15 is 0 Å². The number of carbonyl (C=O) groups excluding carboxylic acids is 1. The Kier molecular flexibility index (Phi) is 8.35. The minimum Gasteiger partial charge on any atom is -0.508 e. The molecule has 5 nitrogen and oxygen atoms in total.